The van der Waals surface area contributed by atoms with E-state index < -0.39 is 0 Å². The predicted octanol–water partition coefficient (Wildman–Crippen LogP) is 3.85. The van der Waals surface area contributed by atoms with Crippen LogP contribution in [-0.4, -0.2) is 42.4 Å². The molecule has 3 heteroatoms. The number of methoxy groups -OCH3 is 1. The van der Waals surface area contributed by atoms with Gasteiger partial charge in [-0.25, -0.2) is 0 Å². The van der Waals surface area contributed by atoms with E-state index in [4.69, 9.17) is 4.74 Å². The lowest BCUT2D eigenvalue weighted by Crippen LogP contribution is -2.43. The van der Waals surface area contributed by atoms with E-state index in [0.29, 0.717) is 17.8 Å². The van der Waals surface area contributed by atoms with Gasteiger partial charge in [0.2, 0.25) is 0 Å². The van der Waals surface area contributed by atoms with Gasteiger partial charge in [0.25, 0.3) is 0 Å². The number of hydrogen-bond acceptors (Lipinski definition) is 3. The van der Waals surface area contributed by atoms with Crippen molar-refractivity contribution in [2.24, 2.45) is 0 Å². The number of nitrogens with zero attached hydrogens (tertiary/aromatic N) is 1. The number of phenols is 1. The minimum absolute atomic E-state index is 0.338. The molecule has 1 rings (SSSR count). The first kappa shape index (κ1) is 18.0. The van der Waals surface area contributed by atoms with Crippen LogP contribution < -0.4 is 0 Å². The molecule has 0 aliphatic carbocycles. The number of phenolic OH excluding ortho intramolecular Hbond substituents is 1. The van der Waals surface area contributed by atoms with E-state index in [-0.39, 0.29) is 0 Å². The van der Waals surface area contributed by atoms with Crippen LogP contribution in [0.3, 0.4) is 0 Å². The molecule has 120 valence electrons. The highest BCUT2D eigenvalue weighted by atomic mass is 16.5. The summed E-state index contributed by atoms with van der Waals surface area (Å²) in [6.45, 7) is 8.63. The SMILES string of the molecule is CCC(CC)N(CCOC)C(C)CCc1ccc(O)cc1. The van der Waals surface area contributed by atoms with Gasteiger partial charge in [0, 0.05) is 25.7 Å². The van der Waals surface area contributed by atoms with Crippen molar-refractivity contribution in [2.75, 3.05) is 20.3 Å². The first-order valence-electron chi connectivity index (χ1n) is 8.14. The first-order valence-corrected chi connectivity index (χ1v) is 8.14. The van der Waals surface area contributed by atoms with Gasteiger partial charge in [-0.05, 0) is 50.3 Å². The molecule has 0 radical (unpaired) electrons. The Morgan fingerprint density at radius 2 is 1.76 bits per heavy atom. The lowest BCUT2D eigenvalue weighted by molar-refractivity contribution is 0.0824. The summed E-state index contributed by atoms with van der Waals surface area (Å²) in [4.78, 5) is 2.59. The zero-order chi connectivity index (χ0) is 15.7. The maximum absolute atomic E-state index is 9.33. The molecule has 1 aromatic carbocycles. The third-order valence-electron chi connectivity index (χ3n) is 4.32. The van der Waals surface area contributed by atoms with Crippen molar-refractivity contribution in [3.8, 4) is 5.75 Å². The molecule has 0 aromatic heterocycles. The summed E-state index contributed by atoms with van der Waals surface area (Å²) in [5, 5.41) is 9.33. The fourth-order valence-electron chi connectivity index (χ4n) is 2.92. The van der Waals surface area contributed by atoms with Crippen molar-refractivity contribution in [1.29, 1.82) is 0 Å². The highest BCUT2D eigenvalue weighted by Gasteiger charge is 2.20. The Kier molecular flexibility index (Phi) is 8.40. The number of ether oxygens (including phenoxy) is 1. The number of aromatic hydroxyl groups is 1. The Labute approximate surface area is 129 Å². The van der Waals surface area contributed by atoms with Crippen LogP contribution in [0.4, 0.5) is 0 Å². The summed E-state index contributed by atoms with van der Waals surface area (Å²) in [6.07, 6.45) is 4.55. The predicted molar refractivity (Wildman–Crippen MR) is 88.8 cm³/mol. The zero-order valence-corrected chi connectivity index (χ0v) is 14.0. The summed E-state index contributed by atoms with van der Waals surface area (Å²) >= 11 is 0. The Balaban J connectivity index is 2.58. The lowest BCUT2D eigenvalue weighted by Gasteiger charge is -2.35. The van der Waals surface area contributed by atoms with Gasteiger partial charge in [-0.1, -0.05) is 26.0 Å². The smallest absolute Gasteiger partial charge is 0.115 e. The van der Waals surface area contributed by atoms with Crippen molar-refractivity contribution < 1.29 is 9.84 Å². The van der Waals surface area contributed by atoms with Gasteiger partial charge in [0.05, 0.1) is 6.61 Å². The molecule has 1 unspecified atom stereocenters. The molecule has 21 heavy (non-hydrogen) atoms. The molecular formula is C18H31NO2. The van der Waals surface area contributed by atoms with Gasteiger partial charge in [0.1, 0.15) is 5.75 Å². The Morgan fingerprint density at radius 1 is 1.14 bits per heavy atom. The van der Waals surface area contributed by atoms with Crippen molar-refractivity contribution in [3.05, 3.63) is 29.8 Å². The minimum Gasteiger partial charge on any atom is -0.508 e. The molecule has 0 heterocycles. The van der Waals surface area contributed by atoms with Gasteiger partial charge < -0.3 is 9.84 Å². The van der Waals surface area contributed by atoms with Crippen LogP contribution in [-0.2, 0) is 11.2 Å². The molecule has 0 fully saturated rings. The monoisotopic (exact) mass is 293 g/mol. The maximum Gasteiger partial charge on any atom is 0.115 e. The van der Waals surface area contributed by atoms with Crippen LogP contribution >= 0.6 is 0 Å². The molecule has 0 spiro atoms. The average Bonchev–Trinajstić information content (AvgIpc) is 2.50. The molecule has 0 saturated carbocycles. The standard InChI is InChI=1S/C18H31NO2/c1-5-17(6-2)19(13-14-21-4)15(3)7-8-16-9-11-18(20)12-10-16/h9-12,15,17,20H,5-8,13-14H2,1-4H3. The van der Waals surface area contributed by atoms with E-state index in [1.54, 1.807) is 19.2 Å². The second kappa shape index (κ2) is 9.80. The van der Waals surface area contributed by atoms with Crippen molar-refractivity contribution >= 4 is 0 Å². The first-order chi connectivity index (χ1) is 10.1. The van der Waals surface area contributed by atoms with Crippen LogP contribution in [0.1, 0.15) is 45.6 Å². The summed E-state index contributed by atoms with van der Waals surface area (Å²) < 4.78 is 5.27. The average molecular weight is 293 g/mol. The van der Waals surface area contributed by atoms with E-state index >= 15 is 0 Å². The summed E-state index contributed by atoms with van der Waals surface area (Å²) in [7, 11) is 1.77. The van der Waals surface area contributed by atoms with E-state index in [9.17, 15) is 5.11 Å². The lowest BCUT2D eigenvalue weighted by atomic mass is 10.0. The van der Waals surface area contributed by atoms with E-state index in [2.05, 4.69) is 25.7 Å². The molecular weight excluding hydrogens is 262 g/mol. The molecule has 3 nitrogen and oxygen atoms in total. The number of rotatable bonds is 10. The Hall–Kier alpha value is -1.06. The van der Waals surface area contributed by atoms with Gasteiger partial charge in [-0.15, -0.1) is 0 Å². The van der Waals surface area contributed by atoms with Crippen LogP contribution in [0.5, 0.6) is 5.75 Å². The number of benzene rings is 1. The molecule has 1 N–H and O–H groups in total. The summed E-state index contributed by atoms with van der Waals surface area (Å²) in [6, 6.07) is 8.73. The van der Waals surface area contributed by atoms with Crippen LogP contribution in [0, 0.1) is 0 Å². The van der Waals surface area contributed by atoms with Gasteiger partial charge in [0.15, 0.2) is 0 Å². The summed E-state index contributed by atoms with van der Waals surface area (Å²) in [5.41, 5.74) is 1.29. The molecule has 0 amide bonds. The topological polar surface area (TPSA) is 32.7 Å². The van der Waals surface area contributed by atoms with Gasteiger partial charge >= 0.3 is 0 Å². The molecule has 0 bridgehead atoms. The largest absolute Gasteiger partial charge is 0.508 e. The van der Waals surface area contributed by atoms with E-state index in [0.717, 1.165) is 26.0 Å². The van der Waals surface area contributed by atoms with Crippen molar-refractivity contribution in [3.63, 3.8) is 0 Å². The van der Waals surface area contributed by atoms with Crippen LogP contribution in [0.15, 0.2) is 24.3 Å². The highest BCUT2D eigenvalue weighted by molar-refractivity contribution is 5.25. The third-order valence-corrected chi connectivity index (χ3v) is 4.32. The second-order valence-electron chi connectivity index (χ2n) is 5.76. The van der Waals surface area contributed by atoms with E-state index in [1.807, 2.05) is 12.1 Å². The molecule has 1 aromatic rings. The number of aryl methyl sites for hydroxylation is 1. The van der Waals surface area contributed by atoms with Gasteiger partial charge in [-0.3, -0.25) is 4.90 Å². The normalized spacial score (nSPS) is 13.0. The van der Waals surface area contributed by atoms with Crippen molar-refractivity contribution in [1.82, 2.24) is 4.90 Å². The second-order valence-corrected chi connectivity index (χ2v) is 5.76. The summed E-state index contributed by atoms with van der Waals surface area (Å²) in [5.74, 6) is 0.338. The maximum atomic E-state index is 9.33. The van der Waals surface area contributed by atoms with Crippen LogP contribution in [0.2, 0.25) is 0 Å². The Bertz CT molecular complexity index is 373. The minimum atomic E-state index is 0.338. The fourth-order valence-corrected chi connectivity index (χ4v) is 2.92. The fraction of sp³-hybridized carbons (Fsp3) is 0.667. The molecule has 0 aliphatic heterocycles. The van der Waals surface area contributed by atoms with Crippen molar-refractivity contribution in [2.45, 2.75) is 58.5 Å². The molecule has 0 aliphatic rings. The van der Waals surface area contributed by atoms with E-state index in [1.165, 1.54) is 18.4 Å². The molecule has 1 atom stereocenters. The van der Waals surface area contributed by atoms with Gasteiger partial charge in [-0.2, -0.15) is 0 Å². The quantitative estimate of drug-likeness (QED) is 0.711. The highest BCUT2D eigenvalue weighted by Crippen LogP contribution is 2.18. The third kappa shape index (κ3) is 6.06. The Morgan fingerprint density at radius 3 is 2.29 bits per heavy atom. The van der Waals surface area contributed by atoms with Crippen LogP contribution in [0.25, 0.3) is 0 Å². The molecule has 0 saturated heterocycles. The number of hydrogen-bond donors (Lipinski definition) is 1. The zero-order valence-electron chi connectivity index (χ0n) is 14.0.